The second-order valence-corrected chi connectivity index (χ2v) is 5.99. The lowest BCUT2D eigenvalue weighted by atomic mass is 9.85. The van der Waals surface area contributed by atoms with Gasteiger partial charge in [-0.15, -0.1) is 0 Å². The zero-order chi connectivity index (χ0) is 14.9. The minimum absolute atomic E-state index is 0.0390. The minimum Gasteiger partial charge on any atom is -0.462 e. The summed E-state index contributed by atoms with van der Waals surface area (Å²) in [6, 6.07) is 6.19. The fraction of sp³-hybridized carbons (Fsp3) is 0.412. The molecule has 0 saturated carbocycles. The molecule has 0 atom stereocenters. The summed E-state index contributed by atoms with van der Waals surface area (Å²) in [5, 5.41) is 1.88. The molecule has 2 rings (SSSR count). The first-order valence-electron chi connectivity index (χ1n) is 6.91. The molecule has 0 bridgehead atoms. The molecule has 0 N–H and O–H groups in total. The highest BCUT2D eigenvalue weighted by Gasteiger charge is 2.19. The van der Waals surface area contributed by atoms with Crippen LogP contribution in [0.1, 0.15) is 49.3 Å². The quantitative estimate of drug-likeness (QED) is 0.774. The molecule has 1 heterocycles. The van der Waals surface area contributed by atoms with Gasteiger partial charge in [0.1, 0.15) is 0 Å². The van der Waals surface area contributed by atoms with Gasteiger partial charge in [0.15, 0.2) is 0 Å². The number of aromatic nitrogens is 1. The van der Waals surface area contributed by atoms with Gasteiger partial charge in [0, 0.05) is 11.6 Å². The topological polar surface area (TPSA) is 39.2 Å². The lowest BCUT2D eigenvalue weighted by molar-refractivity contribution is 0.0527. The molecule has 3 heteroatoms. The molecule has 0 aliphatic heterocycles. The Bertz CT molecular complexity index is 654. The van der Waals surface area contributed by atoms with Crippen molar-refractivity contribution in [2.24, 2.45) is 0 Å². The van der Waals surface area contributed by atoms with E-state index in [9.17, 15) is 4.79 Å². The second-order valence-electron chi connectivity index (χ2n) is 5.99. The van der Waals surface area contributed by atoms with Crippen LogP contribution in [-0.2, 0) is 10.2 Å². The minimum atomic E-state index is -0.297. The first-order valence-corrected chi connectivity index (χ1v) is 6.91. The Morgan fingerprint density at radius 3 is 2.60 bits per heavy atom. The van der Waals surface area contributed by atoms with Gasteiger partial charge < -0.3 is 4.74 Å². The van der Waals surface area contributed by atoms with E-state index < -0.39 is 0 Å². The second kappa shape index (κ2) is 5.23. The van der Waals surface area contributed by atoms with Crippen molar-refractivity contribution in [2.75, 3.05) is 6.61 Å². The molecule has 0 saturated heterocycles. The average Bonchev–Trinajstić information content (AvgIpc) is 2.37. The van der Waals surface area contributed by atoms with E-state index in [1.54, 1.807) is 6.20 Å². The predicted molar refractivity (Wildman–Crippen MR) is 81.1 cm³/mol. The number of carbonyl (C=O) groups is 1. The van der Waals surface area contributed by atoms with Crippen LogP contribution in [-0.4, -0.2) is 17.6 Å². The molecular weight excluding hydrogens is 250 g/mol. The third-order valence-electron chi connectivity index (χ3n) is 3.43. The maximum absolute atomic E-state index is 12.2. The maximum atomic E-state index is 12.2. The smallest absolute Gasteiger partial charge is 0.340 e. The van der Waals surface area contributed by atoms with E-state index in [2.05, 4.69) is 37.9 Å². The normalized spacial score (nSPS) is 11.7. The number of aryl methyl sites for hydroxylation is 1. The molecule has 2 aromatic rings. The van der Waals surface area contributed by atoms with Crippen molar-refractivity contribution in [1.29, 1.82) is 0 Å². The molecule has 0 amide bonds. The number of hydrogen-bond acceptors (Lipinski definition) is 3. The van der Waals surface area contributed by atoms with Crippen molar-refractivity contribution < 1.29 is 9.53 Å². The number of nitrogens with zero attached hydrogens (tertiary/aromatic N) is 1. The summed E-state index contributed by atoms with van der Waals surface area (Å²) in [4.78, 5) is 16.5. The highest BCUT2D eigenvalue weighted by molar-refractivity contribution is 6.05. The molecule has 1 aromatic heterocycles. The first-order chi connectivity index (χ1) is 9.34. The Morgan fingerprint density at radius 2 is 2.00 bits per heavy atom. The monoisotopic (exact) mass is 271 g/mol. The average molecular weight is 271 g/mol. The predicted octanol–water partition coefficient (Wildman–Crippen LogP) is 4.02. The van der Waals surface area contributed by atoms with Crippen LogP contribution in [0.5, 0.6) is 0 Å². The van der Waals surface area contributed by atoms with Gasteiger partial charge in [0.25, 0.3) is 0 Å². The fourth-order valence-corrected chi connectivity index (χ4v) is 2.24. The third kappa shape index (κ3) is 2.67. The molecule has 20 heavy (non-hydrogen) atoms. The standard InChI is InChI=1S/C17H21NO2/c1-6-20-16(19)15-11(2)18-10-12-7-8-13(9-14(12)15)17(3,4)5/h7-10H,6H2,1-5H3. The molecule has 1 aromatic carbocycles. The van der Waals surface area contributed by atoms with Crippen molar-refractivity contribution in [3.05, 3.63) is 41.2 Å². The van der Waals surface area contributed by atoms with Gasteiger partial charge >= 0.3 is 5.97 Å². The van der Waals surface area contributed by atoms with Crippen molar-refractivity contribution in [2.45, 2.75) is 40.0 Å². The van der Waals surface area contributed by atoms with E-state index in [0.29, 0.717) is 17.9 Å². The molecule has 0 aliphatic carbocycles. The number of fused-ring (bicyclic) bond motifs is 1. The molecule has 0 radical (unpaired) electrons. The van der Waals surface area contributed by atoms with E-state index >= 15 is 0 Å². The number of carbonyl (C=O) groups excluding carboxylic acids is 1. The summed E-state index contributed by atoms with van der Waals surface area (Å²) in [6.45, 7) is 10.5. The van der Waals surface area contributed by atoms with Crippen LogP contribution in [0.25, 0.3) is 10.8 Å². The lowest BCUT2D eigenvalue weighted by Crippen LogP contribution is -2.12. The Kier molecular flexibility index (Phi) is 3.80. The van der Waals surface area contributed by atoms with Crippen LogP contribution in [0.2, 0.25) is 0 Å². The SMILES string of the molecule is CCOC(=O)c1c(C)ncc2ccc(C(C)(C)C)cc12. The number of hydrogen-bond donors (Lipinski definition) is 0. The van der Waals surface area contributed by atoms with Crippen LogP contribution in [0.15, 0.2) is 24.4 Å². The highest BCUT2D eigenvalue weighted by atomic mass is 16.5. The molecular formula is C17H21NO2. The zero-order valence-corrected chi connectivity index (χ0v) is 12.8. The van der Waals surface area contributed by atoms with Gasteiger partial charge in [0.05, 0.1) is 17.9 Å². The summed E-state index contributed by atoms with van der Waals surface area (Å²) in [5.74, 6) is -0.297. The Morgan fingerprint density at radius 1 is 1.30 bits per heavy atom. The van der Waals surface area contributed by atoms with E-state index in [1.165, 1.54) is 5.56 Å². The van der Waals surface area contributed by atoms with E-state index in [1.807, 2.05) is 19.9 Å². The molecule has 0 aliphatic rings. The summed E-state index contributed by atoms with van der Waals surface area (Å²) < 4.78 is 5.16. The van der Waals surface area contributed by atoms with Crippen LogP contribution in [0.4, 0.5) is 0 Å². The maximum Gasteiger partial charge on any atom is 0.340 e. The molecule has 0 spiro atoms. The number of ether oxygens (including phenoxy) is 1. The third-order valence-corrected chi connectivity index (χ3v) is 3.43. The van der Waals surface area contributed by atoms with E-state index in [-0.39, 0.29) is 11.4 Å². The summed E-state index contributed by atoms with van der Waals surface area (Å²) in [6.07, 6.45) is 1.81. The van der Waals surface area contributed by atoms with Gasteiger partial charge in [-0.25, -0.2) is 4.79 Å². The van der Waals surface area contributed by atoms with Gasteiger partial charge in [-0.3, -0.25) is 4.98 Å². The fourth-order valence-electron chi connectivity index (χ4n) is 2.24. The number of benzene rings is 1. The summed E-state index contributed by atoms with van der Waals surface area (Å²) in [7, 11) is 0. The molecule has 0 fully saturated rings. The Balaban J connectivity index is 2.71. The van der Waals surface area contributed by atoms with Crippen LogP contribution in [0, 0.1) is 6.92 Å². The van der Waals surface area contributed by atoms with Gasteiger partial charge in [0.2, 0.25) is 0 Å². The Hall–Kier alpha value is -1.90. The summed E-state index contributed by atoms with van der Waals surface area (Å²) >= 11 is 0. The zero-order valence-electron chi connectivity index (χ0n) is 12.8. The first kappa shape index (κ1) is 14.5. The van der Waals surface area contributed by atoms with Crippen molar-refractivity contribution >= 4 is 16.7 Å². The number of esters is 1. The highest BCUT2D eigenvalue weighted by Crippen LogP contribution is 2.28. The molecule has 3 nitrogen and oxygen atoms in total. The molecule has 0 unspecified atom stereocenters. The summed E-state index contributed by atoms with van der Waals surface area (Å²) in [5.41, 5.74) is 2.52. The van der Waals surface area contributed by atoms with Crippen molar-refractivity contribution in [1.82, 2.24) is 4.98 Å². The Labute approximate surface area is 120 Å². The van der Waals surface area contributed by atoms with Crippen LogP contribution < -0.4 is 0 Å². The van der Waals surface area contributed by atoms with E-state index in [4.69, 9.17) is 4.74 Å². The van der Waals surface area contributed by atoms with Crippen molar-refractivity contribution in [3.63, 3.8) is 0 Å². The van der Waals surface area contributed by atoms with Crippen LogP contribution in [0.3, 0.4) is 0 Å². The van der Waals surface area contributed by atoms with Gasteiger partial charge in [-0.1, -0.05) is 32.9 Å². The number of rotatable bonds is 2. The number of pyridine rings is 1. The molecule has 106 valence electrons. The van der Waals surface area contributed by atoms with Crippen LogP contribution >= 0.6 is 0 Å². The lowest BCUT2D eigenvalue weighted by Gasteiger charge is -2.20. The van der Waals surface area contributed by atoms with Gasteiger partial charge in [-0.05, 0) is 36.3 Å². The van der Waals surface area contributed by atoms with Gasteiger partial charge in [-0.2, -0.15) is 0 Å². The van der Waals surface area contributed by atoms with E-state index in [0.717, 1.165) is 10.8 Å². The largest absolute Gasteiger partial charge is 0.462 e. The van der Waals surface area contributed by atoms with Crippen molar-refractivity contribution in [3.8, 4) is 0 Å².